The third-order valence-electron chi connectivity index (χ3n) is 4.64. The van der Waals surface area contributed by atoms with Gasteiger partial charge in [-0.1, -0.05) is 0 Å². The first-order valence-corrected chi connectivity index (χ1v) is 7.81. The summed E-state index contributed by atoms with van der Waals surface area (Å²) >= 11 is 0. The highest BCUT2D eigenvalue weighted by atomic mass is 16.1. The number of nitrogens with zero attached hydrogens (tertiary/aromatic N) is 3. The lowest BCUT2D eigenvalue weighted by atomic mass is 10.1. The van der Waals surface area contributed by atoms with E-state index < -0.39 is 0 Å². The lowest BCUT2D eigenvalue weighted by Crippen LogP contribution is -2.36. The molecule has 1 unspecified atom stereocenters. The number of aromatic amines is 1. The fraction of sp³-hybridized carbons (Fsp3) is 0.500. The van der Waals surface area contributed by atoms with Crippen molar-refractivity contribution in [3.8, 4) is 6.07 Å². The van der Waals surface area contributed by atoms with E-state index in [-0.39, 0.29) is 17.9 Å². The summed E-state index contributed by atoms with van der Waals surface area (Å²) in [5, 5.41) is 12.1. The fourth-order valence-corrected chi connectivity index (χ4v) is 3.19. The van der Waals surface area contributed by atoms with Crippen molar-refractivity contribution in [1.29, 1.82) is 5.26 Å². The molecule has 2 heterocycles. The Morgan fingerprint density at radius 1 is 1.36 bits per heavy atom. The number of fused-ring (bicyclic) bond motifs is 1. The predicted octanol–water partition coefficient (Wildman–Crippen LogP) is 2.26. The van der Waals surface area contributed by atoms with E-state index >= 15 is 0 Å². The van der Waals surface area contributed by atoms with E-state index in [9.17, 15) is 4.79 Å². The van der Waals surface area contributed by atoms with Crippen molar-refractivity contribution in [2.45, 2.75) is 44.1 Å². The number of nitriles is 1. The first-order chi connectivity index (χ1) is 10.8. The third kappa shape index (κ3) is 2.23. The Bertz CT molecular complexity index is 770. The molecule has 0 bridgehead atoms. The zero-order valence-corrected chi connectivity index (χ0v) is 12.2. The Morgan fingerprint density at radius 3 is 3.00 bits per heavy atom. The summed E-state index contributed by atoms with van der Waals surface area (Å²) in [6, 6.07) is 2.23. The zero-order chi connectivity index (χ0) is 15.1. The van der Waals surface area contributed by atoms with Crippen molar-refractivity contribution in [3.05, 3.63) is 23.7 Å². The minimum Gasteiger partial charge on any atom is -0.348 e. The highest BCUT2D eigenvalue weighted by Crippen LogP contribution is 2.39. The predicted molar refractivity (Wildman–Crippen MR) is 80.1 cm³/mol. The molecule has 6 nitrogen and oxygen atoms in total. The summed E-state index contributed by atoms with van der Waals surface area (Å²) in [5.41, 5.74) is 2.76. The molecule has 4 rings (SSSR count). The van der Waals surface area contributed by atoms with Gasteiger partial charge in [0.1, 0.15) is 5.52 Å². The molecule has 2 N–H and O–H groups in total. The van der Waals surface area contributed by atoms with E-state index in [2.05, 4.69) is 26.3 Å². The van der Waals surface area contributed by atoms with Gasteiger partial charge in [-0.3, -0.25) is 4.79 Å². The highest BCUT2D eigenvalue weighted by Gasteiger charge is 2.30. The Balaban J connectivity index is 1.61. The molecule has 2 atom stereocenters. The van der Waals surface area contributed by atoms with E-state index in [1.807, 2.05) is 0 Å². The largest absolute Gasteiger partial charge is 0.348 e. The zero-order valence-electron chi connectivity index (χ0n) is 12.2. The molecule has 22 heavy (non-hydrogen) atoms. The quantitative estimate of drug-likeness (QED) is 0.908. The van der Waals surface area contributed by atoms with Crippen LogP contribution in [0.25, 0.3) is 11.2 Å². The molecule has 2 aromatic rings. The van der Waals surface area contributed by atoms with Gasteiger partial charge in [-0.2, -0.15) is 5.26 Å². The van der Waals surface area contributed by atoms with Crippen molar-refractivity contribution >= 4 is 17.1 Å². The van der Waals surface area contributed by atoms with E-state index in [0.717, 1.165) is 37.8 Å². The van der Waals surface area contributed by atoms with Gasteiger partial charge < -0.3 is 10.3 Å². The molecule has 2 saturated carbocycles. The monoisotopic (exact) mass is 295 g/mol. The second-order valence-corrected chi connectivity index (χ2v) is 6.22. The summed E-state index contributed by atoms with van der Waals surface area (Å²) in [4.78, 5) is 24.5. The topological polar surface area (TPSA) is 94.5 Å². The number of nitrogens with one attached hydrogen (secondary N) is 2. The minimum atomic E-state index is -0.166. The highest BCUT2D eigenvalue weighted by molar-refractivity contribution is 6.04. The van der Waals surface area contributed by atoms with E-state index in [1.165, 1.54) is 0 Å². The number of amides is 1. The fourth-order valence-electron chi connectivity index (χ4n) is 3.19. The molecule has 0 aliphatic heterocycles. The number of H-pyrrole nitrogens is 1. The van der Waals surface area contributed by atoms with Gasteiger partial charge in [0.25, 0.3) is 5.91 Å². The van der Waals surface area contributed by atoms with E-state index in [1.54, 1.807) is 12.4 Å². The molecule has 112 valence electrons. The SMILES string of the molecule is N#C[C@@H]1CCCC1NC(=O)c1c[nH]c2ncc(C3CC3)nc12. The minimum absolute atomic E-state index is 0.0537. The average Bonchev–Trinajstić information content (AvgIpc) is 3.14. The van der Waals surface area contributed by atoms with Crippen molar-refractivity contribution < 1.29 is 4.79 Å². The van der Waals surface area contributed by atoms with Crippen LogP contribution in [0.1, 0.15) is 54.1 Å². The van der Waals surface area contributed by atoms with Gasteiger partial charge in [0.05, 0.1) is 29.4 Å². The van der Waals surface area contributed by atoms with Gasteiger partial charge in [-0.15, -0.1) is 0 Å². The van der Waals surface area contributed by atoms with Crippen LogP contribution in [-0.2, 0) is 0 Å². The number of carbonyl (C=O) groups is 1. The summed E-state index contributed by atoms with van der Waals surface area (Å²) in [7, 11) is 0. The molecule has 0 radical (unpaired) electrons. The molecular weight excluding hydrogens is 278 g/mol. The molecule has 0 aromatic carbocycles. The number of rotatable bonds is 3. The lowest BCUT2D eigenvalue weighted by Gasteiger charge is -2.15. The molecular formula is C16H17N5O. The molecule has 1 amide bonds. The summed E-state index contributed by atoms with van der Waals surface area (Å²) in [5.74, 6) is 0.253. The second kappa shape index (κ2) is 5.09. The van der Waals surface area contributed by atoms with Crippen LogP contribution in [0.5, 0.6) is 0 Å². The molecule has 2 aliphatic carbocycles. The normalized spacial score (nSPS) is 24.3. The molecule has 0 spiro atoms. The smallest absolute Gasteiger partial charge is 0.255 e. The molecule has 6 heteroatoms. The average molecular weight is 295 g/mol. The number of hydrogen-bond donors (Lipinski definition) is 2. The first-order valence-electron chi connectivity index (χ1n) is 7.81. The molecule has 2 fully saturated rings. The van der Waals surface area contributed by atoms with Gasteiger partial charge in [-0.05, 0) is 32.1 Å². The van der Waals surface area contributed by atoms with E-state index in [0.29, 0.717) is 22.6 Å². The van der Waals surface area contributed by atoms with Crippen LogP contribution in [0, 0.1) is 17.2 Å². The third-order valence-corrected chi connectivity index (χ3v) is 4.64. The van der Waals surface area contributed by atoms with Gasteiger partial charge in [-0.25, -0.2) is 9.97 Å². The van der Waals surface area contributed by atoms with Crippen LogP contribution < -0.4 is 5.32 Å². The maximum absolute atomic E-state index is 12.5. The van der Waals surface area contributed by atoms with Crippen molar-refractivity contribution in [1.82, 2.24) is 20.3 Å². The van der Waals surface area contributed by atoms with Crippen LogP contribution in [0.2, 0.25) is 0 Å². The summed E-state index contributed by atoms with van der Waals surface area (Å²) in [6.45, 7) is 0. The number of carbonyl (C=O) groups excluding carboxylic acids is 1. The van der Waals surface area contributed by atoms with Crippen molar-refractivity contribution in [3.63, 3.8) is 0 Å². The number of aromatic nitrogens is 3. The number of hydrogen-bond acceptors (Lipinski definition) is 4. The van der Waals surface area contributed by atoms with Gasteiger partial charge in [0, 0.05) is 18.2 Å². The van der Waals surface area contributed by atoms with Gasteiger partial charge >= 0.3 is 0 Å². The molecule has 2 aliphatic rings. The van der Waals surface area contributed by atoms with Crippen LogP contribution in [-0.4, -0.2) is 26.9 Å². The van der Waals surface area contributed by atoms with Crippen LogP contribution in [0.3, 0.4) is 0 Å². The Hall–Kier alpha value is -2.42. The Morgan fingerprint density at radius 2 is 2.23 bits per heavy atom. The summed E-state index contributed by atoms with van der Waals surface area (Å²) < 4.78 is 0. The second-order valence-electron chi connectivity index (χ2n) is 6.22. The van der Waals surface area contributed by atoms with Gasteiger partial charge in [0.2, 0.25) is 0 Å². The first kappa shape index (κ1) is 13.3. The van der Waals surface area contributed by atoms with Crippen molar-refractivity contribution in [2.75, 3.05) is 0 Å². The van der Waals surface area contributed by atoms with Crippen molar-refractivity contribution in [2.24, 2.45) is 5.92 Å². The van der Waals surface area contributed by atoms with Crippen LogP contribution >= 0.6 is 0 Å². The molecule has 0 saturated heterocycles. The maximum atomic E-state index is 12.5. The van der Waals surface area contributed by atoms with Crippen LogP contribution in [0.15, 0.2) is 12.4 Å². The molecule has 2 aromatic heterocycles. The maximum Gasteiger partial charge on any atom is 0.255 e. The van der Waals surface area contributed by atoms with E-state index in [4.69, 9.17) is 5.26 Å². The van der Waals surface area contributed by atoms with Crippen LogP contribution in [0.4, 0.5) is 0 Å². The Labute approximate surface area is 128 Å². The standard InChI is InChI=1S/C16H17N5O/c17-6-10-2-1-3-12(10)21-16(22)11-7-18-15-14(11)20-13(8-19-15)9-4-5-9/h7-10,12H,1-5H2,(H,18,19)(H,21,22)/t10-,12?/m0/s1. The Kier molecular flexibility index (Phi) is 3.07. The lowest BCUT2D eigenvalue weighted by molar-refractivity contribution is 0.0934. The summed E-state index contributed by atoms with van der Waals surface area (Å²) in [6.07, 6.45) is 8.47. The van der Waals surface area contributed by atoms with Gasteiger partial charge in [0.15, 0.2) is 5.65 Å².